The second kappa shape index (κ2) is 9.36. The van der Waals surface area contributed by atoms with Crippen molar-refractivity contribution in [1.82, 2.24) is 24.8 Å². The molecular formula is C20H21ClFN7O2. The van der Waals surface area contributed by atoms with Crippen molar-refractivity contribution in [3.8, 4) is 0 Å². The first kappa shape index (κ1) is 21.1. The number of nitrogens with one attached hydrogen (secondary N) is 2. The highest BCUT2D eigenvalue weighted by Crippen LogP contribution is 2.25. The molecule has 3 heterocycles. The second-order valence-corrected chi connectivity index (χ2v) is 7.58. The minimum absolute atomic E-state index is 0.0129. The van der Waals surface area contributed by atoms with Gasteiger partial charge in [-0.3, -0.25) is 9.69 Å². The summed E-state index contributed by atoms with van der Waals surface area (Å²) in [5, 5.41) is 6.47. The number of carbonyl (C=O) groups excluding carboxylic acids is 1. The Labute approximate surface area is 183 Å². The van der Waals surface area contributed by atoms with E-state index in [0.717, 1.165) is 25.9 Å². The largest absolute Gasteiger partial charge is 0.468 e. The van der Waals surface area contributed by atoms with Crippen LogP contribution in [-0.2, 0) is 9.53 Å². The summed E-state index contributed by atoms with van der Waals surface area (Å²) in [6, 6.07) is 4.51. The van der Waals surface area contributed by atoms with Gasteiger partial charge in [0.2, 0.25) is 5.95 Å². The zero-order valence-corrected chi connectivity index (χ0v) is 17.6. The Balaban J connectivity index is 1.47. The molecular weight excluding hydrogens is 425 g/mol. The molecule has 9 nitrogen and oxygen atoms in total. The number of piperidine rings is 1. The fourth-order valence-corrected chi connectivity index (χ4v) is 3.57. The van der Waals surface area contributed by atoms with E-state index in [4.69, 9.17) is 16.3 Å². The van der Waals surface area contributed by atoms with Crippen LogP contribution >= 0.6 is 11.6 Å². The molecule has 0 spiro atoms. The van der Waals surface area contributed by atoms with Gasteiger partial charge in [0.1, 0.15) is 23.2 Å². The summed E-state index contributed by atoms with van der Waals surface area (Å²) in [5.41, 5.74) is 1.69. The number of benzene rings is 1. The highest BCUT2D eigenvalue weighted by Gasteiger charge is 2.22. The van der Waals surface area contributed by atoms with Crippen molar-refractivity contribution in [3.05, 3.63) is 41.6 Å². The number of hydrogen-bond donors (Lipinski definition) is 2. The average Bonchev–Trinajstić information content (AvgIpc) is 2.78. The first-order valence-electron chi connectivity index (χ1n) is 9.77. The molecule has 1 aromatic carbocycles. The summed E-state index contributed by atoms with van der Waals surface area (Å²) in [5.74, 6) is 0.206. The van der Waals surface area contributed by atoms with Crippen LogP contribution in [0.5, 0.6) is 0 Å². The van der Waals surface area contributed by atoms with Gasteiger partial charge >= 0.3 is 5.97 Å². The van der Waals surface area contributed by atoms with E-state index in [-0.39, 0.29) is 17.0 Å². The maximum absolute atomic E-state index is 13.4. The molecule has 0 bridgehead atoms. The van der Waals surface area contributed by atoms with Crippen molar-refractivity contribution in [2.24, 2.45) is 0 Å². The quantitative estimate of drug-likeness (QED) is 0.554. The molecule has 1 fully saturated rings. The molecule has 0 radical (unpaired) electrons. The van der Waals surface area contributed by atoms with E-state index >= 15 is 0 Å². The summed E-state index contributed by atoms with van der Waals surface area (Å²) >= 11 is 5.87. The maximum atomic E-state index is 13.4. The van der Waals surface area contributed by atoms with Crippen LogP contribution in [0.3, 0.4) is 0 Å². The Morgan fingerprint density at radius 1 is 1.29 bits per heavy atom. The Morgan fingerprint density at radius 2 is 2.10 bits per heavy atom. The predicted molar refractivity (Wildman–Crippen MR) is 115 cm³/mol. The van der Waals surface area contributed by atoms with Crippen LogP contribution in [-0.4, -0.2) is 63.6 Å². The highest BCUT2D eigenvalue weighted by molar-refractivity contribution is 6.31. The Morgan fingerprint density at radius 3 is 2.84 bits per heavy atom. The molecule has 11 heteroatoms. The van der Waals surface area contributed by atoms with Crippen molar-refractivity contribution in [2.45, 2.75) is 18.9 Å². The Hall–Kier alpha value is -3.11. The topological polar surface area (TPSA) is 105 Å². The minimum atomic E-state index is -0.494. The molecule has 1 aliphatic rings. The van der Waals surface area contributed by atoms with Crippen molar-refractivity contribution in [1.29, 1.82) is 0 Å². The second-order valence-electron chi connectivity index (χ2n) is 7.17. The number of esters is 1. The van der Waals surface area contributed by atoms with Gasteiger partial charge in [-0.15, -0.1) is 0 Å². The van der Waals surface area contributed by atoms with Crippen LogP contribution in [0.4, 0.5) is 21.8 Å². The van der Waals surface area contributed by atoms with Gasteiger partial charge in [0.25, 0.3) is 0 Å². The molecule has 31 heavy (non-hydrogen) atoms. The lowest BCUT2D eigenvalue weighted by atomic mass is 10.1. The first-order chi connectivity index (χ1) is 15.0. The lowest BCUT2D eigenvalue weighted by Crippen LogP contribution is -2.41. The van der Waals surface area contributed by atoms with Gasteiger partial charge in [-0.2, -0.15) is 0 Å². The molecule has 2 N–H and O–H groups in total. The minimum Gasteiger partial charge on any atom is -0.468 e. The number of ether oxygens (including phenoxy) is 1. The van der Waals surface area contributed by atoms with Gasteiger partial charge in [0.15, 0.2) is 5.82 Å². The Bertz CT molecular complexity index is 1090. The van der Waals surface area contributed by atoms with Crippen LogP contribution < -0.4 is 10.6 Å². The zero-order chi connectivity index (χ0) is 21.8. The van der Waals surface area contributed by atoms with Gasteiger partial charge in [-0.1, -0.05) is 11.6 Å². The maximum Gasteiger partial charge on any atom is 0.319 e. The van der Waals surface area contributed by atoms with E-state index in [1.807, 2.05) is 0 Å². The SMILES string of the molecule is COC(=O)CN1CCC(Nc2ncc3ncnc(Nc4ccc(F)c(Cl)c4)c3n2)CC1. The number of nitrogens with zero attached hydrogens (tertiary/aromatic N) is 5. The smallest absolute Gasteiger partial charge is 0.319 e. The highest BCUT2D eigenvalue weighted by atomic mass is 35.5. The molecule has 3 aromatic rings. The van der Waals surface area contributed by atoms with Crippen molar-refractivity contribution in [2.75, 3.05) is 37.4 Å². The lowest BCUT2D eigenvalue weighted by molar-refractivity contribution is -0.142. The third-order valence-electron chi connectivity index (χ3n) is 5.06. The Kier molecular flexibility index (Phi) is 6.38. The van der Waals surface area contributed by atoms with Gasteiger partial charge < -0.3 is 15.4 Å². The predicted octanol–water partition coefficient (Wildman–Crippen LogP) is 3.01. The van der Waals surface area contributed by atoms with E-state index in [9.17, 15) is 9.18 Å². The molecule has 0 saturated carbocycles. The number of fused-ring (bicyclic) bond motifs is 1. The van der Waals surface area contributed by atoms with Gasteiger partial charge in [-0.25, -0.2) is 24.3 Å². The van der Waals surface area contributed by atoms with Crippen LogP contribution in [0.1, 0.15) is 12.8 Å². The molecule has 1 saturated heterocycles. The fraction of sp³-hybridized carbons (Fsp3) is 0.350. The number of anilines is 3. The molecule has 4 rings (SSSR count). The summed E-state index contributed by atoms with van der Waals surface area (Å²) < 4.78 is 18.2. The van der Waals surface area contributed by atoms with Crippen molar-refractivity contribution < 1.29 is 13.9 Å². The number of rotatable bonds is 6. The van der Waals surface area contributed by atoms with E-state index in [1.54, 1.807) is 12.3 Å². The third kappa shape index (κ3) is 5.15. The van der Waals surface area contributed by atoms with Crippen LogP contribution in [0.2, 0.25) is 5.02 Å². The zero-order valence-electron chi connectivity index (χ0n) is 16.8. The van der Waals surface area contributed by atoms with Crippen LogP contribution in [0.15, 0.2) is 30.7 Å². The molecule has 2 aromatic heterocycles. The van der Waals surface area contributed by atoms with E-state index in [2.05, 4.69) is 35.5 Å². The van der Waals surface area contributed by atoms with Gasteiger partial charge in [0, 0.05) is 24.8 Å². The van der Waals surface area contributed by atoms with Crippen LogP contribution in [0, 0.1) is 5.82 Å². The molecule has 0 unspecified atom stereocenters. The van der Waals surface area contributed by atoms with E-state index < -0.39 is 5.82 Å². The van der Waals surface area contributed by atoms with E-state index in [1.165, 1.54) is 25.6 Å². The number of methoxy groups -OCH3 is 1. The molecule has 0 amide bonds. The lowest BCUT2D eigenvalue weighted by Gasteiger charge is -2.31. The van der Waals surface area contributed by atoms with E-state index in [0.29, 0.717) is 35.0 Å². The molecule has 1 aliphatic heterocycles. The summed E-state index contributed by atoms with van der Waals surface area (Å²) in [7, 11) is 1.39. The number of aromatic nitrogens is 4. The summed E-state index contributed by atoms with van der Waals surface area (Å²) in [6.45, 7) is 1.86. The molecule has 0 atom stereocenters. The van der Waals surface area contributed by atoms with Gasteiger partial charge in [-0.05, 0) is 31.0 Å². The monoisotopic (exact) mass is 445 g/mol. The van der Waals surface area contributed by atoms with Gasteiger partial charge in [0.05, 0.1) is 24.9 Å². The number of likely N-dealkylation sites (tertiary alicyclic amines) is 1. The number of hydrogen-bond acceptors (Lipinski definition) is 9. The van der Waals surface area contributed by atoms with Crippen LogP contribution in [0.25, 0.3) is 11.0 Å². The normalized spacial score (nSPS) is 15.1. The number of halogens is 2. The molecule has 162 valence electrons. The van der Waals surface area contributed by atoms with Crippen molar-refractivity contribution in [3.63, 3.8) is 0 Å². The first-order valence-corrected chi connectivity index (χ1v) is 10.1. The standard InChI is InChI=1S/C20H21ClFN7O2/c1-31-17(30)10-29-6-4-12(5-7-29)27-20-23-9-16-18(28-20)19(25-11-24-16)26-13-2-3-15(22)14(21)8-13/h2-3,8-9,11-12H,4-7,10H2,1H3,(H,23,27,28)(H,24,25,26). The summed E-state index contributed by atoms with van der Waals surface area (Å²) in [4.78, 5) is 30.9. The molecule has 0 aliphatic carbocycles. The average molecular weight is 446 g/mol. The number of carbonyl (C=O) groups is 1. The fourth-order valence-electron chi connectivity index (χ4n) is 3.39. The third-order valence-corrected chi connectivity index (χ3v) is 5.35. The summed E-state index contributed by atoms with van der Waals surface area (Å²) in [6.07, 6.45) is 4.73. The van der Waals surface area contributed by atoms with Crippen molar-refractivity contribution >= 4 is 46.1 Å².